The van der Waals surface area contributed by atoms with Gasteiger partial charge >= 0.3 is 0 Å². The van der Waals surface area contributed by atoms with Gasteiger partial charge in [0.1, 0.15) is 11.5 Å². The summed E-state index contributed by atoms with van der Waals surface area (Å²) in [5.74, 6) is 1.65. The van der Waals surface area contributed by atoms with Gasteiger partial charge in [-0.25, -0.2) is 8.42 Å². The van der Waals surface area contributed by atoms with E-state index in [1.807, 2.05) is 24.3 Å². The number of hydrogen-bond acceptors (Lipinski definition) is 4. The van der Waals surface area contributed by atoms with E-state index in [9.17, 15) is 8.42 Å². The lowest BCUT2D eigenvalue weighted by Gasteiger charge is -2.34. The van der Waals surface area contributed by atoms with Gasteiger partial charge in [-0.1, -0.05) is 38.8 Å². The lowest BCUT2D eigenvalue weighted by Crippen LogP contribution is -2.29. The molecule has 0 radical (unpaired) electrons. The van der Waals surface area contributed by atoms with Gasteiger partial charge in [0.15, 0.2) is 9.84 Å². The van der Waals surface area contributed by atoms with Crippen molar-refractivity contribution in [1.29, 1.82) is 0 Å². The van der Waals surface area contributed by atoms with Crippen LogP contribution in [-0.4, -0.2) is 28.4 Å². The van der Waals surface area contributed by atoms with Crippen molar-refractivity contribution in [1.82, 2.24) is 0 Å². The molecule has 2 atom stereocenters. The maximum absolute atomic E-state index is 13.5. The van der Waals surface area contributed by atoms with E-state index in [0.29, 0.717) is 10.6 Å². The van der Waals surface area contributed by atoms with E-state index in [2.05, 4.69) is 19.9 Å². The summed E-state index contributed by atoms with van der Waals surface area (Å²) in [4.78, 5) is 0.443. The average molecular weight is 417 g/mol. The van der Waals surface area contributed by atoms with Crippen LogP contribution in [0.25, 0.3) is 0 Å². The molecule has 0 spiro atoms. The van der Waals surface area contributed by atoms with Crippen LogP contribution in [0.4, 0.5) is 0 Å². The van der Waals surface area contributed by atoms with Crippen molar-refractivity contribution in [3.8, 4) is 11.5 Å². The summed E-state index contributed by atoms with van der Waals surface area (Å²) in [6.07, 6.45) is 4.67. The second-order valence-electron chi connectivity index (χ2n) is 8.15. The molecule has 0 bridgehead atoms. The normalized spacial score (nSPS) is 23.1. The molecule has 0 aliphatic carbocycles. The molecule has 158 valence electrons. The topological polar surface area (TPSA) is 52.6 Å². The first-order valence-corrected chi connectivity index (χ1v) is 12.1. The molecular weight excluding hydrogens is 384 g/mol. The molecule has 0 saturated heterocycles. The molecule has 3 rings (SSSR count). The first-order chi connectivity index (χ1) is 13.9. The average Bonchev–Trinajstić information content (AvgIpc) is 2.84. The summed E-state index contributed by atoms with van der Waals surface area (Å²) >= 11 is 0. The molecule has 2 aromatic rings. The first-order valence-electron chi connectivity index (χ1n) is 10.4. The van der Waals surface area contributed by atoms with Crippen LogP contribution in [0.1, 0.15) is 63.0 Å². The highest BCUT2D eigenvalue weighted by molar-refractivity contribution is 7.91. The first kappa shape index (κ1) is 21.7. The zero-order valence-electron chi connectivity index (χ0n) is 17.9. The SMILES string of the molecule is CCCC[C@@]1(CC)C[C@H](c2cccc(OC)c2)c2cc(OC)ccc2S(=O)(=O)C1. The van der Waals surface area contributed by atoms with Gasteiger partial charge in [0.05, 0.1) is 24.9 Å². The Morgan fingerprint density at radius 2 is 1.76 bits per heavy atom. The molecule has 1 aliphatic heterocycles. The predicted octanol–water partition coefficient (Wildman–Crippen LogP) is 5.60. The maximum atomic E-state index is 13.5. The molecule has 1 aliphatic rings. The van der Waals surface area contributed by atoms with E-state index in [4.69, 9.17) is 9.47 Å². The number of rotatable bonds is 7. The smallest absolute Gasteiger partial charge is 0.179 e. The Morgan fingerprint density at radius 1 is 1.03 bits per heavy atom. The van der Waals surface area contributed by atoms with E-state index >= 15 is 0 Å². The van der Waals surface area contributed by atoms with E-state index in [0.717, 1.165) is 49.0 Å². The Balaban J connectivity index is 2.23. The number of benzene rings is 2. The van der Waals surface area contributed by atoms with Crippen LogP contribution in [0.2, 0.25) is 0 Å². The van der Waals surface area contributed by atoms with Crippen LogP contribution in [0.15, 0.2) is 47.4 Å². The van der Waals surface area contributed by atoms with Crippen LogP contribution in [0.5, 0.6) is 11.5 Å². The number of ether oxygens (including phenoxy) is 2. The fourth-order valence-electron chi connectivity index (χ4n) is 4.60. The van der Waals surface area contributed by atoms with Crippen molar-refractivity contribution < 1.29 is 17.9 Å². The van der Waals surface area contributed by atoms with Crippen molar-refractivity contribution in [2.24, 2.45) is 5.41 Å². The maximum Gasteiger partial charge on any atom is 0.179 e. The van der Waals surface area contributed by atoms with Gasteiger partial charge in [0.2, 0.25) is 0 Å². The Hall–Kier alpha value is -2.01. The minimum atomic E-state index is -3.40. The van der Waals surface area contributed by atoms with E-state index in [1.54, 1.807) is 26.4 Å². The third kappa shape index (κ3) is 4.45. The van der Waals surface area contributed by atoms with Gasteiger partial charge in [-0.3, -0.25) is 0 Å². The van der Waals surface area contributed by atoms with Crippen molar-refractivity contribution in [3.05, 3.63) is 53.6 Å². The third-order valence-electron chi connectivity index (χ3n) is 6.37. The van der Waals surface area contributed by atoms with Crippen molar-refractivity contribution in [3.63, 3.8) is 0 Å². The van der Waals surface area contributed by atoms with E-state index < -0.39 is 9.84 Å². The monoisotopic (exact) mass is 416 g/mol. The van der Waals surface area contributed by atoms with Crippen LogP contribution < -0.4 is 9.47 Å². The van der Waals surface area contributed by atoms with Crippen LogP contribution >= 0.6 is 0 Å². The minimum absolute atomic E-state index is 0.0238. The number of sulfone groups is 1. The second kappa shape index (κ2) is 8.78. The Labute approximate surface area is 175 Å². The van der Waals surface area contributed by atoms with Crippen molar-refractivity contribution >= 4 is 9.84 Å². The standard InChI is InChI=1S/C24H32O4S/c1-5-7-13-24(6-2)16-22(18-9-8-10-19(14-18)27-3)21-15-20(28-4)11-12-23(21)29(25,26)17-24/h8-12,14-15,22H,5-7,13,16-17H2,1-4H3/t22-,24+/m1/s1. The lowest BCUT2D eigenvalue weighted by atomic mass is 9.71. The second-order valence-corrected chi connectivity index (χ2v) is 10.1. The molecule has 1 heterocycles. The fraction of sp³-hybridized carbons (Fsp3) is 0.500. The van der Waals surface area contributed by atoms with Gasteiger partial charge in [0, 0.05) is 5.92 Å². The molecular formula is C24H32O4S. The van der Waals surface area contributed by atoms with Crippen molar-refractivity contribution in [2.45, 2.75) is 56.8 Å². The number of hydrogen-bond donors (Lipinski definition) is 0. The molecule has 2 aromatic carbocycles. The molecule has 4 nitrogen and oxygen atoms in total. The molecule has 5 heteroatoms. The minimum Gasteiger partial charge on any atom is -0.497 e. The lowest BCUT2D eigenvalue weighted by molar-refractivity contribution is 0.247. The molecule has 0 unspecified atom stereocenters. The number of unbranched alkanes of at least 4 members (excludes halogenated alkanes) is 1. The highest BCUT2D eigenvalue weighted by Crippen LogP contribution is 2.49. The van der Waals surface area contributed by atoms with E-state index in [-0.39, 0.29) is 17.1 Å². The molecule has 0 fully saturated rings. The Bertz CT molecular complexity index is 951. The largest absolute Gasteiger partial charge is 0.497 e. The molecule has 0 amide bonds. The van der Waals surface area contributed by atoms with Gasteiger partial charge in [-0.15, -0.1) is 0 Å². The summed E-state index contributed by atoms with van der Waals surface area (Å²) in [6, 6.07) is 13.4. The number of methoxy groups -OCH3 is 2. The van der Waals surface area contributed by atoms with E-state index in [1.165, 1.54) is 0 Å². The number of fused-ring (bicyclic) bond motifs is 1. The molecule has 0 saturated carbocycles. The van der Waals surface area contributed by atoms with Gasteiger partial charge in [0.25, 0.3) is 0 Å². The molecule has 0 N–H and O–H groups in total. The summed E-state index contributed by atoms with van der Waals surface area (Å²) < 4.78 is 37.8. The van der Waals surface area contributed by atoms with Crippen molar-refractivity contribution in [2.75, 3.05) is 20.0 Å². The zero-order chi connectivity index (χ0) is 21.1. The third-order valence-corrected chi connectivity index (χ3v) is 8.40. The van der Waals surface area contributed by atoms with Gasteiger partial charge < -0.3 is 9.47 Å². The Morgan fingerprint density at radius 3 is 2.41 bits per heavy atom. The molecule has 29 heavy (non-hydrogen) atoms. The van der Waals surface area contributed by atoms with Gasteiger partial charge in [-0.05, 0) is 66.1 Å². The summed E-state index contributed by atoms with van der Waals surface area (Å²) in [5, 5.41) is 0. The zero-order valence-corrected chi connectivity index (χ0v) is 18.7. The summed E-state index contributed by atoms with van der Waals surface area (Å²) in [5.41, 5.74) is 1.68. The predicted molar refractivity (Wildman–Crippen MR) is 117 cm³/mol. The summed E-state index contributed by atoms with van der Waals surface area (Å²) in [6.45, 7) is 4.29. The summed E-state index contributed by atoms with van der Waals surface area (Å²) in [7, 11) is -0.123. The van der Waals surface area contributed by atoms with Gasteiger partial charge in [-0.2, -0.15) is 0 Å². The highest BCUT2D eigenvalue weighted by Gasteiger charge is 2.42. The van der Waals surface area contributed by atoms with Crippen LogP contribution in [0.3, 0.4) is 0 Å². The fourth-order valence-corrected chi connectivity index (χ4v) is 6.86. The molecule has 0 aromatic heterocycles. The quantitative estimate of drug-likeness (QED) is 0.589. The van der Waals surface area contributed by atoms with Crippen LogP contribution in [-0.2, 0) is 9.84 Å². The highest BCUT2D eigenvalue weighted by atomic mass is 32.2. The Kier molecular flexibility index (Phi) is 6.57. The van der Waals surface area contributed by atoms with Crippen LogP contribution in [0, 0.1) is 5.41 Å².